The van der Waals surface area contributed by atoms with Crippen LogP contribution in [0.25, 0.3) is 0 Å². The second-order valence-corrected chi connectivity index (χ2v) is 9.71. The quantitative estimate of drug-likeness (QED) is 0.105. The number of hydrogen-bond acceptors (Lipinski definition) is 2. The summed E-state index contributed by atoms with van der Waals surface area (Å²) < 4.78 is 0. The van der Waals surface area contributed by atoms with Crippen LogP contribution in [0.5, 0.6) is 0 Å². The smallest absolute Gasteiger partial charge is 0.0679 e. The summed E-state index contributed by atoms with van der Waals surface area (Å²) in [6.07, 6.45) is 37.4. The van der Waals surface area contributed by atoms with E-state index in [1.807, 2.05) is 0 Å². The molecule has 0 spiro atoms. The van der Waals surface area contributed by atoms with E-state index in [2.05, 4.69) is 11.8 Å². The van der Waals surface area contributed by atoms with Crippen molar-refractivity contribution in [2.45, 2.75) is 174 Å². The highest BCUT2D eigenvalue weighted by Gasteiger charge is 1.96. The molecule has 0 saturated heterocycles. The van der Waals surface area contributed by atoms with Crippen molar-refractivity contribution in [3.05, 3.63) is 0 Å². The Bertz CT molecular complexity index is 254. The maximum atomic E-state index is 5.03. The lowest BCUT2D eigenvalue weighted by molar-refractivity contribution is 0.133. The van der Waals surface area contributed by atoms with Crippen LogP contribution in [0.3, 0.4) is 0 Å². The lowest BCUT2D eigenvalue weighted by Crippen LogP contribution is -2.00. The van der Waals surface area contributed by atoms with Crippen LogP contribution in [0.2, 0.25) is 0 Å². The van der Waals surface area contributed by atoms with Gasteiger partial charge in [-0.2, -0.15) is 0 Å². The topological polar surface area (TPSA) is 35.2 Å². The Hall–Kier alpha value is -0.0800. The Balaban J connectivity index is 2.97. The first-order valence-electron chi connectivity index (χ1n) is 14.2. The molecule has 2 N–H and O–H groups in total. The van der Waals surface area contributed by atoms with Crippen molar-refractivity contribution >= 4 is 0 Å². The van der Waals surface area contributed by atoms with E-state index in [0.717, 1.165) is 13.0 Å². The molecular formula is C28H59NO. The first kappa shape index (κ1) is 29.9. The van der Waals surface area contributed by atoms with Crippen molar-refractivity contribution in [2.75, 3.05) is 6.61 Å². The fourth-order valence-corrected chi connectivity index (χ4v) is 4.50. The molecule has 0 unspecified atom stereocenters. The number of rotatable bonds is 27. The van der Waals surface area contributed by atoms with Crippen LogP contribution in [-0.2, 0) is 4.84 Å². The van der Waals surface area contributed by atoms with Gasteiger partial charge in [0, 0.05) is 0 Å². The third-order valence-corrected chi connectivity index (χ3v) is 6.62. The molecule has 0 heterocycles. The SMILES string of the molecule is CCCCCCCCCCCCCCCCCCCCCCCCCCCCON. The molecule has 0 aliphatic heterocycles. The lowest BCUT2D eigenvalue weighted by Gasteiger charge is -2.04. The lowest BCUT2D eigenvalue weighted by atomic mass is 10.0. The van der Waals surface area contributed by atoms with Crippen LogP contribution in [0, 0.1) is 0 Å². The van der Waals surface area contributed by atoms with E-state index in [1.54, 1.807) is 0 Å². The molecule has 0 aliphatic rings. The maximum Gasteiger partial charge on any atom is 0.0679 e. The number of hydrogen-bond donors (Lipinski definition) is 1. The second-order valence-electron chi connectivity index (χ2n) is 9.71. The van der Waals surface area contributed by atoms with Gasteiger partial charge < -0.3 is 4.84 Å². The number of unbranched alkanes of at least 4 members (excludes halogenated alkanes) is 25. The normalized spacial score (nSPS) is 11.4. The van der Waals surface area contributed by atoms with Gasteiger partial charge in [0.25, 0.3) is 0 Å². The van der Waals surface area contributed by atoms with Crippen LogP contribution in [0.4, 0.5) is 0 Å². The van der Waals surface area contributed by atoms with Gasteiger partial charge in [0.05, 0.1) is 6.61 Å². The van der Waals surface area contributed by atoms with Gasteiger partial charge in [0.1, 0.15) is 0 Å². The molecule has 0 aromatic heterocycles. The molecule has 0 aromatic carbocycles. The molecule has 0 rings (SSSR count). The van der Waals surface area contributed by atoms with E-state index in [0.29, 0.717) is 0 Å². The second kappa shape index (κ2) is 28.9. The standard InChI is InChI=1S/C28H59NO/c1-2-3-4-5-6-7-8-9-10-11-12-13-14-15-16-17-18-19-20-21-22-23-24-25-26-27-28-30-29/h2-29H2,1H3. The summed E-state index contributed by atoms with van der Waals surface area (Å²) in [6.45, 7) is 3.02. The molecule has 0 radical (unpaired) electrons. The molecule has 0 fully saturated rings. The van der Waals surface area contributed by atoms with E-state index in [1.165, 1.54) is 161 Å². The summed E-state index contributed by atoms with van der Waals surface area (Å²) in [5.41, 5.74) is 0. The Morgan fingerprint density at radius 2 is 0.533 bits per heavy atom. The van der Waals surface area contributed by atoms with E-state index >= 15 is 0 Å². The third kappa shape index (κ3) is 27.9. The monoisotopic (exact) mass is 425 g/mol. The molecule has 0 aromatic rings. The highest BCUT2D eigenvalue weighted by Crippen LogP contribution is 2.15. The van der Waals surface area contributed by atoms with Crippen LogP contribution in [0.15, 0.2) is 0 Å². The molecule has 0 bridgehead atoms. The average molecular weight is 426 g/mol. The fraction of sp³-hybridized carbons (Fsp3) is 1.00. The van der Waals surface area contributed by atoms with E-state index < -0.39 is 0 Å². The zero-order valence-corrected chi connectivity index (χ0v) is 21.1. The van der Waals surface area contributed by atoms with Crippen molar-refractivity contribution in [3.63, 3.8) is 0 Å². The fourth-order valence-electron chi connectivity index (χ4n) is 4.50. The van der Waals surface area contributed by atoms with E-state index in [-0.39, 0.29) is 0 Å². The highest BCUT2D eigenvalue weighted by molar-refractivity contribution is 4.51. The van der Waals surface area contributed by atoms with Gasteiger partial charge in [-0.1, -0.05) is 167 Å². The van der Waals surface area contributed by atoms with Gasteiger partial charge in [0.15, 0.2) is 0 Å². The Kier molecular flexibility index (Phi) is 28.8. The summed E-state index contributed by atoms with van der Waals surface area (Å²) in [7, 11) is 0. The molecule has 0 aliphatic carbocycles. The summed E-state index contributed by atoms with van der Waals surface area (Å²) in [6, 6.07) is 0. The van der Waals surface area contributed by atoms with E-state index in [4.69, 9.17) is 5.90 Å². The minimum Gasteiger partial charge on any atom is -0.305 e. The Morgan fingerprint density at radius 3 is 0.733 bits per heavy atom. The van der Waals surface area contributed by atoms with Crippen molar-refractivity contribution in [2.24, 2.45) is 5.90 Å². The minimum atomic E-state index is 0.722. The predicted octanol–water partition coefficient (Wildman–Crippen LogP) is 10.0. The van der Waals surface area contributed by atoms with Gasteiger partial charge in [-0.3, -0.25) is 0 Å². The zero-order chi connectivity index (χ0) is 21.8. The first-order chi connectivity index (χ1) is 14.9. The van der Waals surface area contributed by atoms with Crippen molar-refractivity contribution < 1.29 is 4.84 Å². The molecule has 30 heavy (non-hydrogen) atoms. The summed E-state index contributed by atoms with van der Waals surface area (Å²) in [5.74, 6) is 5.03. The van der Waals surface area contributed by atoms with Crippen LogP contribution in [-0.4, -0.2) is 6.61 Å². The van der Waals surface area contributed by atoms with Crippen LogP contribution < -0.4 is 5.90 Å². The molecular weight excluding hydrogens is 366 g/mol. The van der Waals surface area contributed by atoms with Gasteiger partial charge in [-0.05, 0) is 6.42 Å². The third-order valence-electron chi connectivity index (χ3n) is 6.62. The predicted molar refractivity (Wildman–Crippen MR) is 136 cm³/mol. The maximum absolute atomic E-state index is 5.03. The molecule has 2 heteroatoms. The average Bonchev–Trinajstić information content (AvgIpc) is 2.76. The molecule has 0 amide bonds. The summed E-state index contributed by atoms with van der Waals surface area (Å²) in [5, 5.41) is 0. The molecule has 0 atom stereocenters. The summed E-state index contributed by atoms with van der Waals surface area (Å²) in [4.78, 5) is 4.60. The van der Waals surface area contributed by atoms with Crippen molar-refractivity contribution in [1.29, 1.82) is 0 Å². The molecule has 0 saturated carbocycles. The molecule has 2 nitrogen and oxygen atoms in total. The van der Waals surface area contributed by atoms with Gasteiger partial charge in [0.2, 0.25) is 0 Å². The highest BCUT2D eigenvalue weighted by atomic mass is 16.6. The van der Waals surface area contributed by atoms with Crippen molar-refractivity contribution in [1.82, 2.24) is 0 Å². The molecule has 182 valence electrons. The Morgan fingerprint density at radius 1 is 0.333 bits per heavy atom. The summed E-state index contributed by atoms with van der Waals surface area (Å²) >= 11 is 0. The van der Waals surface area contributed by atoms with Gasteiger partial charge in [-0.15, -0.1) is 0 Å². The van der Waals surface area contributed by atoms with Gasteiger partial charge in [-0.25, -0.2) is 5.90 Å². The van der Waals surface area contributed by atoms with Crippen LogP contribution >= 0.6 is 0 Å². The van der Waals surface area contributed by atoms with Crippen molar-refractivity contribution in [3.8, 4) is 0 Å². The number of nitrogens with two attached hydrogens (primary N) is 1. The first-order valence-corrected chi connectivity index (χ1v) is 14.2. The van der Waals surface area contributed by atoms with E-state index in [9.17, 15) is 0 Å². The van der Waals surface area contributed by atoms with Crippen LogP contribution in [0.1, 0.15) is 174 Å². The Labute approximate surface area is 191 Å². The minimum absolute atomic E-state index is 0.722. The largest absolute Gasteiger partial charge is 0.305 e. The zero-order valence-electron chi connectivity index (χ0n) is 21.1. The van der Waals surface area contributed by atoms with Gasteiger partial charge >= 0.3 is 0 Å².